The van der Waals surface area contributed by atoms with Gasteiger partial charge in [0.25, 0.3) is 0 Å². The minimum absolute atomic E-state index is 0.0340. The van der Waals surface area contributed by atoms with Crippen molar-refractivity contribution in [3.05, 3.63) is 51.1 Å². The predicted molar refractivity (Wildman–Crippen MR) is 75.2 cm³/mol. The van der Waals surface area contributed by atoms with Gasteiger partial charge in [-0.15, -0.1) is 0 Å². The summed E-state index contributed by atoms with van der Waals surface area (Å²) in [6.07, 6.45) is 0. The maximum Gasteiger partial charge on any atom is 0.339 e. The molecular formula is C13H9BrClNO3. The van der Waals surface area contributed by atoms with Gasteiger partial charge < -0.3 is 9.84 Å². The van der Waals surface area contributed by atoms with Gasteiger partial charge in [0.15, 0.2) is 0 Å². The van der Waals surface area contributed by atoms with Gasteiger partial charge in [-0.3, -0.25) is 0 Å². The summed E-state index contributed by atoms with van der Waals surface area (Å²) in [5.74, 6) is -0.611. The molecule has 0 aliphatic rings. The Hall–Kier alpha value is -1.59. The number of carboxylic acids is 1. The zero-order valence-electron chi connectivity index (χ0n) is 9.85. The molecular weight excluding hydrogens is 334 g/mol. The Bertz CT molecular complexity index is 646. The number of nitrogens with zero attached hydrogens (tertiary/aromatic N) is 1. The lowest BCUT2D eigenvalue weighted by molar-refractivity contribution is 0.0694. The van der Waals surface area contributed by atoms with Crippen LogP contribution in [0.15, 0.2) is 34.8 Å². The molecule has 6 heteroatoms. The smallest absolute Gasteiger partial charge is 0.339 e. The van der Waals surface area contributed by atoms with Crippen molar-refractivity contribution in [1.29, 1.82) is 0 Å². The first-order chi connectivity index (χ1) is 8.97. The molecule has 98 valence electrons. The first kappa shape index (κ1) is 13.8. The van der Waals surface area contributed by atoms with E-state index in [1.165, 1.54) is 18.2 Å². The van der Waals surface area contributed by atoms with Crippen LogP contribution in [-0.2, 0) is 0 Å². The molecule has 0 saturated carbocycles. The number of benzene rings is 1. The van der Waals surface area contributed by atoms with E-state index in [0.29, 0.717) is 10.9 Å². The van der Waals surface area contributed by atoms with E-state index in [1.807, 2.05) is 6.92 Å². The van der Waals surface area contributed by atoms with E-state index in [1.54, 1.807) is 12.1 Å². The highest BCUT2D eigenvalue weighted by atomic mass is 79.9. The molecule has 4 nitrogen and oxygen atoms in total. The van der Waals surface area contributed by atoms with Crippen molar-refractivity contribution in [3.8, 4) is 11.6 Å². The Morgan fingerprint density at radius 1 is 1.37 bits per heavy atom. The zero-order chi connectivity index (χ0) is 14.0. The van der Waals surface area contributed by atoms with Crippen LogP contribution in [0.1, 0.15) is 16.1 Å². The second-order valence-corrected chi connectivity index (χ2v) is 5.06. The third kappa shape index (κ3) is 3.24. The number of aromatic nitrogens is 1. The molecule has 0 spiro atoms. The molecule has 0 fully saturated rings. The number of aromatic carboxylic acids is 1. The molecule has 19 heavy (non-hydrogen) atoms. The summed E-state index contributed by atoms with van der Waals surface area (Å²) in [7, 11) is 0. The Morgan fingerprint density at radius 2 is 2.11 bits per heavy atom. The van der Waals surface area contributed by atoms with Crippen LogP contribution in [0.5, 0.6) is 11.6 Å². The fraction of sp³-hybridized carbons (Fsp3) is 0.0769. The number of carboxylic acid groups (broad SMARTS) is 1. The van der Waals surface area contributed by atoms with E-state index < -0.39 is 5.97 Å². The minimum atomic E-state index is -1.08. The molecule has 0 bridgehead atoms. The molecule has 0 unspecified atom stereocenters. The number of pyridine rings is 1. The van der Waals surface area contributed by atoms with Gasteiger partial charge in [0.1, 0.15) is 11.3 Å². The number of carbonyl (C=O) groups is 1. The van der Waals surface area contributed by atoms with Gasteiger partial charge in [0.05, 0.1) is 5.69 Å². The minimum Gasteiger partial charge on any atom is -0.478 e. The molecule has 0 radical (unpaired) electrons. The number of rotatable bonds is 3. The number of hydrogen-bond donors (Lipinski definition) is 1. The van der Waals surface area contributed by atoms with Gasteiger partial charge in [-0.25, -0.2) is 9.78 Å². The lowest BCUT2D eigenvalue weighted by Gasteiger charge is -2.09. The standard InChI is InChI=1S/C13H9BrClNO3/c1-7-10(14)4-5-12(16-7)19-11-6-8(15)2-3-9(11)13(17)18/h2-6H,1H3,(H,17,18). The first-order valence-corrected chi connectivity index (χ1v) is 6.48. The van der Waals surface area contributed by atoms with Crippen molar-refractivity contribution < 1.29 is 14.6 Å². The van der Waals surface area contributed by atoms with Crippen LogP contribution < -0.4 is 4.74 Å². The molecule has 2 aromatic rings. The average Bonchev–Trinajstić information content (AvgIpc) is 2.33. The highest BCUT2D eigenvalue weighted by Crippen LogP contribution is 2.28. The number of halogens is 2. The maximum absolute atomic E-state index is 11.1. The monoisotopic (exact) mass is 341 g/mol. The van der Waals surface area contributed by atoms with E-state index in [2.05, 4.69) is 20.9 Å². The van der Waals surface area contributed by atoms with Crippen molar-refractivity contribution in [2.24, 2.45) is 0 Å². The lowest BCUT2D eigenvalue weighted by Crippen LogP contribution is -2.00. The highest BCUT2D eigenvalue weighted by molar-refractivity contribution is 9.10. The molecule has 0 aliphatic carbocycles. The maximum atomic E-state index is 11.1. The second-order valence-electron chi connectivity index (χ2n) is 3.76. The summed E-state index contributed by atoms with van der Waals surface area (Å²) in [5, 5.41) is 9.48. The van der Waals surface area contributed by atoms with Crippen molar-refractivity contribution in [3.63, 3.8) is 0 Å². The summed E-state index contributed by atoms with van der Waals surface area (Å²) >= 11 is 9.17. The lowest BCUT2D eigenvalue weighted by atomic mass is 10.2. The fourth-order valence-electron chi connectivity index (χ4n) is 1.45. The van der Waals surface area contributed by atoms with E-state index in [0.717, 1.165) is 10.2 Å². The van der Waals surface area contributed by atoms with E-state index in [4.69, 9.17) is 21.4 Å². The zero-order valence-corrected chi connectivity index (χ0v) is 12.2. The van der Waals surface area contributed by atoms with Crippen LogP contribution in [0.25, 0.3) is 0 Å². The molecule has 1 aromatic carbocycles. The topological polar surface area (TPSA) is 59.4 Å². The third-order valence-corrected chi connectivity index (χ3v) is 3.46. The molecule has 0 atom stereocenters. The quantitative estimate of drug-likeness (QED) is 0.903. The summed E-state index contributed by atoms with van der Waals surface area (Å²) in [6.45, 7) is 1.81. The van der Waals surface area contributed by atoms with Crippen LogP contribution in [0, 0.1) is 6.92 Å². The summed E-state index contributed by atoms with van der Waals surface area (Å²) < 4.78 is 6.34. The van der Waals surface area contributed by atoms with Crippen molar-refractivity contribution in [2.75, 3.05) is 0 Å². The van der Waals surface area contributed by atoms with Crippen LogP contribution in [-0.4, -0.2) is 16.1 Å². The second kappa shape index (κ2) is 5.59. The number of aryl methyl sites for hydroxylation is 1. The first-order valence-electron chi connectivity index (χ1n) is 5.31. The van der Waals surface area contributed by atoms with Crippen molar-refractivity contribution >= 4 is 33.5 Å². The van der Waals surface area contributed by atoms with Gasteiger partial charge >= 0.3 is 5.97 Å². The largest absolute Gasteiger partial charge is 0.478 e. The third-order valence-electron chi connectivity index (χ3n) is 2.38. The SMILES string of the molecule is Cc1nc(Oc2cc(Cl)ccc2C(=O)O)ccc1Br. The molecule has 0 saturated heterocycles. The number of ether oxygens (including phenoxy) is 1. The van der Waals surface area contributed by atoms with Crippen molar-refractivity contribution in [2.45, 2.75) is 6.92 Å². The predicted octanol–water partition coefficient (Wildman–Crippen LogP) is 4.30. The van der Waals surface area contributed by atoms with Gasteiger partial charge in [-0.05, 0) is 41.1 Å². The Morgan fingerprint density at radius 3 is 2.74 bits per heavy atom. The average molecular weight is 343 g/mol. The van der Waals surface area contributed by atoms with E-state index in [9.17, 15) is 4.79 Å². The van der Waals surface area contributed by atoms with Crippen molar-refractivity contribution in [1.82, 2.24) is 4.98 Å². The highest BCUT2D eigenvalue weighted by Gasteiger charge is 2.13. The Kier molecular flexibility index (Phi) is 4.07. The molecule has 0 aliphatic heterocycles. The molecule has 1 heterocycles. The molecule has 0 amide bonds. The molecule has 1 aromatic heterocycles. The van der Waals surface area contributed by atoms with E-state index in [-0.39, 0.29) is 11.3 Å². The number of hydrogen-bond acceptors (Lipinski definition) is 3. The Labute approximate surface area is 123 Å². The summed E-state index contributed by atoms with van der Waals surface area (Å²) in [4.78, 5) is 15.3. The van der Waals surface area contributed by atoms with Crippen LogP contribution in [0.4, 0.5) is 0 Å². The van der Waals surface area contributed by atoms with Gasteiger partial charge in [-0.1, -0.05) is 11.6 Å². The normalized spacial score (nSPS) is 10.3. The van der Waals surface area contributed by atoms with Gasteiger partial charge in [0.2, 0.25) is 5.88 Å². The van der Waals surface area contributed by atoms with Crippen LogP contribution in [0.3, 0.4) is 0 Å². The van der Waals surface area contributed by atoms with Crippen LogP contribution >= 0.6 is 27.5 Å². The Balaban J connectivity index is 2.39. The van der Waals surface area contributed by atoms with Gasteiger partial charge in [-0.2, -0.15) is 0 Å². The molecule has 2 rings (SSSR count). The van der Waals surface area contributed by atoms with E-state index >= 15 is 0 Å². The summed E-state index contributed by atoms with van der Waals surface area (Å²) in [6, 6.07) is 7.76. The molecule has 1 N–H and O–H groups in total. The van der Waals surface area contributed by atoms with Gasteiger partial charge in [0, 0.05) is 21.6 Å². The van der Waals surface area contributed by atoms with Crippen LogP contribution in [0.2, 0.25) is 5.02 Å². The summed E-state index contributed by atoms with van der Waals surface area (Å²) in [5.41, 5.74) is 0.781. The fourth-order valence-corrected chi connectivity index (χ4v) is 1.83.